The number of allylic oxidation sites excluding steroid dienone is 1. The van der Waals surface area contributed by atoms with Crippen LogP contribution in [0.1, 0.15) is 33.6 Å². The lowest BCUT2D eigenvalue weighted by Gasteiger charge is -2.31. The van der Waals surface area contributed by atoms with E-state index >= 15 is 0 Å². The molecule has 6 heteroatoms. The summed E-state index contributed by atoms with van der Waals surface area (Å²) in [6, 6.07) is 10.4. The molecule has 0 aromatic heterocycles. The molecule has 136 valence electrons. The second-order valence-corrected chi connectivity index (χ2v) is 7.24. The first-order valence-electron chi connectivity index (χ1n) is 8.33. The lowest BCUT2D eigenvalue weighted by molar-refractivity contribution is -0.168. The van der Waals surface area contributed by atoms with Gasteiger partial charge in [0.25, 0.3) is 0 Å². The van der Waals surface area contributed by atoms with Crippen molar-refractivity contribution in [2.45, 2.75) is 39.2 Å². The molecule has 1 aliphatic rings. The van der Waals surface area contributed by atoms with E-state index in [4.69, 9.17) is 4.74 Å². The Labute approximate surface area is 153 Å². The Morgan fingerprint density at radius 3 is 2.46 bits per heavy atom. The van der Waals surface area contributed by atoms with Crippen LogP contribution < -0.4 is 4.90 Å². The van der Waals surface area contributed by atoms with E-state index in [0.29, 0.717) is 5.69 Å². The van der Waals surface area contributed by atoms with Crippen LogP contribution in [0.5, 0.6) is 0 Å². The van der Waals surface area contributed by atoms with Crippen LogP contribution in [0, 0.1) is 22.7 Å². The van der Waals surface area contributed by atoms with E-state index < -0.39 is 34.7 Å². The van der Waals surface area contributed by atoms with Crippen molar-refractivity contribution in [3.63, 3.8) is 0 Å². The van der Waals surface area contributed by atoms with Crippen LogP contribution in [0.25, 0.3) is 0 Å². The van der Waals surface area contributed by atoms with Gasteiger partial charge in [-0.25, -0.2) is 0 Å². The molecule has 0 aliphatic carbocycles. The molecule has 6 nitrogen and oxygen atoms in total. The molecule has 0 N–H and O–H groups in total. The summed E-state index contributed by atoms with van der Waals surface area (Å²) in [5.41, 5.74) is -2.20. The van der Waals surface area contributed by atoms with Crippen LogP contribution in [0.2, 0.25) is 0 Å². The highest BCUT2D eigenvalue weighted by atomic mass is 16.6. The van der Waals surface area contributed by atoms with Gasteiger partial charge in [0.15, 0.2) is 5.41 Å². The van der Waals surface area contributed by atoms with Crippen LogP contribution >= 0.6 is 0 Å². The van der Waals surface area contributed by atoms with Crippen LogP contribution in [0.3, 0.4) is 0 Å². The Hall–Kier alpha value is -2.94. The molecular weight excluding hydrogens is 332 g/mol. The van der Waals surface area contributed by atoms with Crippen LogP contribution in [0.15, 0.2) is 43.0 Å². The predicted molar refractivity (Wildman–Crippen MR) is 95.7 cm³/mol. The van der Waals surface area contributed by atoms with Crippen LogP contribution in [0.4, 0.5) is 5.69 Å². The summed E-state index contributed by atoms with van der Waals surface area (Å²) >= 11 is 0. The summed E-state index contributed by atoms with van der Waals surface area (Å²) in [5.74, 6) is -2.95. The Morgan fingerprint density at radius 2 is 1.96 bits per heavy atom. The van der Waals surface area contributed by atoms with E-state index in [9.17, 15) is 19.6 Å². The smallest absolute Gasteiger partial charge is 0.328 e. The fraction of sp³-hybridized carbons (Fsp3) is 0.400. The largest absolute Gasteiger partial charge is 0.459 e. The minimum atomic E-state index is -1.79. The molecule has 0 radical (unpaired) electrons. The van der Waals surface area contributed by atoms with E-state index in [-0.39, 0.29) is 12.8 Å². The number of carbonyl (C=O) groups excluding carboxylic acids is 3. The standard InChI is InChI=1S/C20H22N2O4/c1-5-11-20(13-21,18(25)26-19(2,3)4)15-12-16(23)22(17(15)24)14-9-7-6-8-10-14/h5-10,15H,1,11-12H2,2-4H3/t15-,20+/m1/s1. The van der Waals surface area contributed by atoms with Gasteiger partial charge < -0.3 is 4.74 Å². The Bertz CT molecular complexity index is 773. The number of nitrogens with zero attached hydrogens (tertiary/aromatic N) is 2. The fourth-order valence-corrected chi connectivity index (χ4v) is 3.00. The van der Waals surface area contributed by atoms with Crippen molar-refractivity contribution in [3.8, 4) is 6.07 Å². The molecule has 26 heavy (non-hydrogen) atoms. The second-order valence-electron chi connectivity index (χ2n) is 7.24. The van der Waals surface area contributed by atoms with Gasteiger partial charge in [-0.05, 0) is 39.3 Å². The van der Waals surface area contributed by atoms with E-state index in [1.165, 1.54) is 6.08 Å². The van der Waals surface area contributed by atoms with Crippen molar-refractivity contribution in [1.82, 2.24) is 0 Å². The number of rotatable bonds is 5. The van der Waals surface area contributed by atoms with Crippen LogP contribution in [-0.4, -0.2) is 23.4 Å². The van der Waals surface area contributed by atoms with E-state index in [1.54, 1.807) is 51.1 Å². The summed E-state index contributed by atoms with van der Waals surface area (Å²) < 4.78 is 5.39. The van der Waals surface area contributed by atoms with Crippen molar-refractivity contribution in [2.75, 3.05) is 4.90 Å². The highest BCUT2D eigenvalue weighted by Crippen LogP contribution is 2.42. The van der Waals surface area contributed by atoms with Gasteiger partial charge in [0, 0.05) is 6.42 Å². The quantitative estimate of drug-likeness (QED) is 0.461. The number of ether oxygens (including phenoxy) is 1. The first kappa shape index (κ1) is 19.4. The van der Waals surface area contributed by atoms with Crippen molar-refractivity contribution in [2.24, 2.45) is 11.3 Å². The number of para-hydroxylation sites is 1. The van der Waals surface area contributed by atoms with Crippen molar-refractivity contribution in [3.05, 3.63) is 43.0 Å². The monoisotopic (exact) mass is 354 g/mol. The maximum absolute atomic E-state index is 13.0. The fourth-order valence-electron chi connectivity index (χ4n) is 3.00. The molecule has 1 aromatic carbocycles. The predicted octanol–water partition coefficient (Wildman–Crippen LogP) is 2.99. The summed E-state index contributed by atoms with van der Waals surface area (Å²) in [6.07, 6.45) is 1.09. The lowest BCUT2D eigenvalue weighted by atomic mass is 9.72. The summed E-state index contributed by atoms with van der Waals surface area (Å²) in [6.45, 7) is 8.63. The molecular formula is C20H22N2O4. The van der Waals surface area contributed by atoms with Gasteiger partial charge in [0.2, 0.25) is 11.8 Å². The zero-order chi connectivity index (χ0) is 19.5. The van der Waals surface area contributed by atoms with Crippen molar-refractivity contribution < 1.29 is 19.1 Å². The molecule has 0 saturated carbocycles. The van der Waals surface area contributed by atoms with E-state index in [1.807, 2.05) is 6.07 Å². The molecule has 1 saturated heterocycles. The SMILES string of the molecule is C=CC[C@@](C#N)(C(=O)OC(C)(C)C)[C@@H]1CC(=O)N(c2ccccc2)C1=O. The molecule has 1 fully saturated rings. The van der Waals surface area contributed by atoms with E-state index in [0.717, 1.165) is 4.90 Å². The third-order valence-corrected chi connectivity index (χ3v) is 4.18. The topological polar surface area (TPSA) is 87.5 Å². The Morgan fingerprint density at radius 1 is 1.35 bits per heavy atom. The molecule has 0 bridgehead atoms. The average molecular weight is 354 g/mol. The van der Waals surface area contributed by atoms with Gasteiger partial charge in [-0.3, -0.25) is 19.3 Å². The molecule has 2 amide bonds. The summed E-state index contributed by atoms with van der Waals surface area (Å²) in [7, 11) is 0. The summed E-state index contributed by atoms with van der Waals surface area (Å²) in [4.78, 5) is 39.3. The minimum absolute atomic E-state index is 0.0786. The van der Waals surface area contributed by atoms with Gasteiger partial charge in [0.05, 0.1) is 17.7 Å². The lowest BCUT2D eigenvalue weighted by Crippen LogP contribution is -2.45. The zero-order valence-corrected chi connectivity index (χ0v) is 15.2. The molecule has 2 atom stereocenters. The number of esters is 1. The Balaban J connectivity index is 2.45. The molecule has 1 aromatic rings. The molecule has 0 spiro atoms. The molecule has 1 heterocycles. The average Bonchev–Trinajstić information content (AvgIpc) is 2.86. The highest BCUT2D eigenvalue weighted by Gasteiger charge is 2.57. The number of amides is 2. The van der Waals surface area contributed by atoms with Gasteiger partial charge in [0.1, 0.15) is 5.60 Å². The number of hydrogen-bond acceptors (Lipinski definition) is 5. The first-order valence-corrected chi connectivity index (χ1v) is 8.33. The maximum Gasteiger partial charge on any atom is 0.328 e. The highest BCUT2D eigenvalue weighted by molar-refractivity contribution is 6.22. The third kappa shape index (κ3) is 3.52. The third-order valence-electron chi connectivity index (χ3n) is 4.18. The van der Waals surface area contributed by atoms with E-state index in [2.05, 4.69) is 6.58 Å². The van der Waals surface area contributed by atoms with Gasteiger partial charge in [-0.1, -0.05) is 24.3 Å². The second kappa shape index (κ2) is 7.12. The summed E-state index contributed by atoms with van der Waals surface area (Å²) in [5, 5.41) is 9.82. The van der Waals surface area contributed by atoms with Gasteiger partial charge in [-0.2, -0.15) is 5.26 Å². The van der Waals surface area contributed by atoms with Gasteiger partial charge in [-0.15, -0.1) is 6.58 Å². The Kier molecular flexibility index (Phi) is 5.31. The number of anilines is 1. The zero-order valence-electron chi connectivity index (χ0n) is 15.2. The molecule has 2 rings (SSSR count). The maximum atomic E-state index is 13.0. The molecule has 1 aliphatic heterocycles. The van der Waals surface area contributed by atoms with Gasteiger partial charge >= 0.3 is 5.97 Å². The number of nitriles is 1. The number of imide groups is 1. The van der Waals surface area contributed by atoms with Crippen LogP contribution in [-0.2, 0) is 19.1 Å². The van der Waals surface area contributed by atoms with Crippen molar-refractivity contribution >= 4 is 23.5 Å². The number of benzene rings is 1. The molecule has 0 unspecified atom stereocenters. The number of hydrogen-bond donors (Lipinski definition) is 0. The minimum Gasteiger partial charge on any atom is -0.459 e. The number of carbonyl (C=O) groups is 3. The first-order chi connectivity index (χ1) is 12.2. The normalized spacial score (nSPS) is 19.6. The van der Waals surface area contributed by atoms with Crippen molar-refractivity contribution in [1.29, 1.82) is 5.26 Å².